The molecule has 4 rings (SSSR count). The third-order valence-electron chi connectivity index (χ3n) is 4.12. The number of nitrogens with zero attached hydrogens (tertiary/aromatic N) is 3. The van der Waals surface area contributed by atoms with Crippen molar-refractivity contribution in [2.24, 2.45) is 0 Å². The highest BCUT2D eigenvalue weighted by molar-refractivity contribution is 5.83. The molecule has 3 aromatic rings. The summed E-state index contributed by atoms with van der Waals surface area (Å²) in [5.41, 5.74) is 7.85. The van der Waals surface area contributed by atoms with Crippen LogP contribution in [-0.4, -0.2) is 26.4 Å². The van der Waals surface area contributed by atoms with E-state index in [1.165, 1.54) is 0 Å². The summed E-state index contributed by atoms with van der Waals surface area (Å²) in [5, 5.41) is 4.93. The fourth-order valence-corrected chi connectivity index (χ4v) is 3.01. The molecule has 2 aromatic heterocycles. The minimum Gasteiger partial charge on any atom is -0.369 e. The molecule has 1 unspecified atom stereocenters. The van der Waals surface area contributed by atoms with E-state index in [0.717, 1.165) is 37.1 Å². The predicted octanol–water partition coefficient (Wildman–Crippen LogP) is 2.07. The zero-order chi connectivity index (χ0) is 15.8. The smallest absolute Gasteiger partial charge is 0.260 e. The molecule has 7 heteroatoms. The fourth-order valence-electron chi connectivity index (χ4n) is 3.01. The van der Waals surface area contributed by atoms with E-state index in [9.17, 15) is 4.79 Å². The number of ether oxygens (including phenoxy) is 1. The number of hydrogen-bond acceptors (Lipinski definition) is 5. The third kappa shape index (κ3) is 2.49. The summed E-state index contributed by atoms with van der Waals surface area (Å²) >= 11 is 0. The molecule has 1 aliphatic heterocycles. The first kappa shape index (κ1) is 14.0. The SMILES string of the molecule is Nc1nc2cc(-c3ccnn3C3CCCCO3)ccc2c(=O)[nH]1. The first-order valence-corrected chi connectivity index (χ1v) is 7.67. The van der Waals surface area contributed by atoms with Gasteiger partial charge in [-0.1, -0.05) is 6.07 Å². The lowest BCUT2D eigenvalue weighted by atomic mass is 10.1. The van der Waals surface area contributed by atoms with Gasteiger partial charge in [0.1, 0.15) is 0 Å². The highest BCUT2D eigenvalue weighted by Gasteiger charge is 2.19. The van der Waals surface area contributed by atoms with Crippen LogP contribution in [0.5, 0.6) is 0 Å². The Labute approximate surface area is 132 Å². The largest absolute Gasteiger partial charge is 0.369 e. The molecule has 118 valence electrons. The second-order valence-electron chi connectivity index (χ2n) is 5.67. The van der Waals surface area contributed by atoms with Crippen LogP contribution in [0.4, 0.5) is 5.95 Å². The van der Waals surface area contributed by atoms with Crippen molar-refractivity contribution in [3.63, 3.8) is 0 Å². The molecule has 0 saturated carbocycles. The number of anilines is 1. The maximum atomic E-state index is 11.9. The minimum atomic E-state index is -0.233. The van der Waals surface area contributed by atoms with Crippen LogP contribution >= 0.6 is 0 Å². The van der Waals surface area contributed by atoms with Gasteiger partial charge in [-0.3, -0.25) is 9.78 Å². The fraction of sp³-hybridized carbons (Fsp3) is 0.312. The van der Waals surface area contributed by atoms with Crippen molar-refractivity contribution >= 4 is 16.9 Å². The molecule has 1 fully saturated rings. The number of aromatic amines is 1. The van der Waals surface area contributed by atoms with E-state index in [1.54, 1.807) is 12.3 Å². The number of benzene rings is 1. The topological polar surface area (TPSA) is 98.8 Å². The van der Waals surface area contributed by atoms with Gasteiger partial charge in [-0.05, 0) is 37.5 Å². The minimum absolute atomic E-state index is 0.0401. The predicted molar refractivity (Wildman–Crippen MR) is 86.8 cm³/mol. The van der Waals surface area contributed by atoms with E-state index in [0.29, 0.717) is 10.9 Å². The Balaban J connectivity index is 1.80. The van der Waals surface area contributed by atoms with Crippen molar-refractivity contribution in [1.29, 1.82) is 0 Å². The standard InChI is InChI=1S/C16H17N5O2/c17-16-19-12-9-10(4-5-11(12)15(22)20-16)13-6-7-18-21(13)14-3-1-2-8-23-14/h4-7,9,14H,1-3,8H2,(H3,17,19,20,22). The van der Waals surface area contributed by atoms with Gasteiger partial charge in [0.2, 0.25) is 5.95 Å². The number of fused-ring (bicyclic) bond motifs is 1. The van der Waals surface area contributed by atoms with Crippen LogP contribution in [-0.2, 0) is 4.74 Å². The zero-order valence-corrected chi connectivity index (χ0v) is 12.5. The van der Waals surface area contributed by atoms with Crippen molar-refractivity contribution in [2.75, 3.05) is 12.3 Å². The quantitative estimate of drug-likeness (QED) is 0.755. The lowest BCUT2D eigenvalue weighted by molar-refractivity contribution is -0.0383. The van der Waals surface area contributed by atoms with Gasteiger partial charge in [-0.25, -0.2) is 9.67 Å². The second-order valence-corrected chi connectivity index (χ2v) is 5.67. The number of nitrogens with one attached hydrogen (secondary N) is 1. The monoisotopic (exact) mass is 311 g/mol. The number of H-pyrrole nitrogens is 1. The van der Waals surface area contributed by atoms with Gasteiger partial charge in [0.25, 0.3) is 5.56 Å². The summed E-state index contributed by atoms with van der Waals surface area (Å²) in [6, 6.07) is 7.45. The molecule has 7 nitrogen and oxygen atoms in total. The summed E-state index contributed by atoms with van der Waals surface area (Å²) in [6.45, 7) is 0.759. The van der Waals surface area contributed by atoms with Gasteiger partial charge in [0, 0.05) is 18.4 Å². The van der Waals surface area contributed by atoms with E-state index in [1.807, 2.05) is 22.9 Å². The average Bonchev–Trinajstić information content (AvgIpc) is 3.04. The summed E-state index contributed by atoms with van der Waals surface area (Å²) in [7, 11) is 0. The lowest BCUT2D eigenvalue weighted by Gasteiger charge is -2.24. The number of nitrogens with two attached hydrogens (primary N) is 1. The van der Waals surface area contributed by atoms with E-state index < -0.39 is 0 Å². The Hall–Kier alpha value is -2.67. The van der Waals surface area contributed by atoms with Crippen molar-refractivity contribution in [3.8, 4) is 11.3 Å². The first-order valence-electron chi connectivity index (χ1n) is 7.67. The number of aromatic nitrogens is 4. The summed E-state index contributed by atoms with van der Waals surface area (Å²) in [4.78, 5) is 18.6. The Morgan fingerprint density at radius 3 is 3.04 bits per heavy atom. The molecular formula is C16H17N5O2. The third-order valence-corrected chi connectivity index (χ3v) is 4.12. The van der Waals surface area contributed by atoms with Crippen molar-refractivity contribution < 1.29 is 4.74 Å². The van der Waals surface area contributed by atoms with Crippen LogP contribution in [0.25, 0.3) is 22.2 Å². The van der Waals surface area contributed by atoms with E-state index >= 15 is 0 Å². The molecule has 0 aliphatic carbocycles. The molecule has 0 bridgehead atoms. The van der Waals surface area contributed by atoms with Crippen LogP contribution in [0.15, 0.2) is 35.3 Å². The molecule has 1 aliphatic rings. The molecule has 0 spiro atoms. The van der Waals surface area contributed by atoms with Crippen molar-refractivity contribution in [1.82, 2.24) is 19.7 Å². The van der Waals surface area contributed by atoms with Crippen molar-refractivity contribution in [2.45, 2.75) is 25.5 Å². The molecular weight excluding hydrogens is 294 g/mol. The van der Waals surface area contributed by atoms with E-state index in [4.69, 9.17) is 10.5 Å². The van der Waals surface area contributed by atoms with E-state index in [-0.39, 0.29) is 17.7 Å². The first-order chi connectivity index (χ1) is 11.2. The molecule has 0 amide bonds. The second kappa shape index (κ2) is 5.51. The summed E-state index contributed by atoms with van der Waals surface area (Å²) < 4.78 is 7.72. The Bertz CT molecular complexity index is 908. The molecule has 1 aromatic carbocycles. The highest BCUT2D eigenvalue weighted by atomic mass is 16.5. The lowest BCUT2D eigenvalue weighted by Crippen LogP contribution is -2.19. The Kier molecular flexibility index (Phi) is 3.34. The summed E-state index contributed by atoms with van der Waals surface area (Å²) in [6.07, 6.45) is 4.90. The number of rotatable bonds is 2. The van der Waals surface area contributed by atoms with Gasteiger partial charge in [-0.2, -0.15) is 5.10 Å². The van der Waals surface area contributed by atoms with Gasteiger partial charge in [0.15, 0.2) is 6.23 Å². The molecule has 3 heterocycles. The molecule has 1 saturated heterocycles. The van der Waals surface area contributed by atoms with Gasteiger partial charge >= 0.3 is 0 Å². The Morgan fingerprint density at radius 2 is 2.22 bits per heavy atom. The van der Waals surface area contributed by atoms with Gasteiger partial charge < -0.3 is 10.5 Å². The van der Waals surface area contributed by atoms with Crippen LogP contribution in [0.3, 0.4) is 0 Å². The maximum Gasteiger partial charge on any atom is 0.260 e. The van der Waals surface area contributed by atoms with E-state index in [2.05, 4.69) is 15.1 Å². The molecule has 0 radical (unpaired) electrons. The normalized spacial score (nSPS) is 18.3. The van der Waals surface area contributed by atoms with Crippen LogP contribution < -0.4 is 11.3 Å². The molecule has 1 atom stereocenters. The number of hydrogen-bond donors (Lipinski definition) is 2. The number of nitrogen functional groups attached to an aromatic ring is 1. The van der Waals surface area contributed by atoms with Crippen LogP contribution in [0.1, 0.15) is 25.5 Å². The van der Waals surface area contributed by atoms with Gasteiger partial charge in [-0.15, -0.1) is 0 Å². The van der Waals surface area contributed by atoms with Gasteiger partial charge in [0.05, 0.1) is 16.6 Å². The Morgan fingerprint density at radius 1 is 1.30 bits per heavy atom. The summed E-state index contributed by atoms with van der Waals surface area (Å²) in [5.74, 6) is 0.115. The molecule has 3 N–H and O–H groups in total. The van der Waals surface area contributed by atoms with Crippen LogP contribution in [0, 0.1) is 0 Å². The molecule has 23 heavy (non-hydrogen) atoms. The maximum absolute atomic E-state index is 11.9. The average molecular weight is 311 g/mol. The highest BCUT2D eigenvalue weighted by Crippen LogP contribution is 2.29. The van der Waals surface area contributed by atoms with Crippen LogP contribution in [0.2, 0.25) is 0 Å². The van der Waals surface area contributed by atoms with Crippen molar-refractivity contribution in [3.05, 3.63) is 40.8 Å². The zero-order valence-electron chi connectivity index (χ0n) is 12.5.